The van der Waals surface area contributed by atoms with E-state index in [1.165, 1.54) is 17.7 Å². The van der Waals surface area contributed by atoms with Crippen molar-refractivity contribution in [2.24, 2.45) is 0 Å². The zero-order valence-corrected chi connectivity index (χ0v) is 12.8. The van der Waals surface area contributed by atoms with Gasteiger partial charge in [0.2, 0.25) is 0 Å². The lowest BCUT2D eigenvalue weighted by Crippen LogP contribution is -2.29. The van der Waals surface area contributed by atoms with E-state index in [4.69, 9.17) is 0 Å². The van der Waals surface area contributed by atoms with Crippen LogP contribution in [0.3, 0.4) is 0 Å². The number of hydrogen-bond donors (Lipinski definition) is 0. The maximum absolute atomic E-state index is 13.1. The van der Waals surface area contributed by atoms with Gasteiger partial charge in [0.1, 0.15) is 5.82 Å². The molecule has 21 heavy (non-hydrogen) atoms. The Bertz CT molecular complexity index is 626. The molecule has 0 atom stereocenters. The average Bonchev–Trinajstić information content (AvgIpc) is 2.47. The van der Waals surface area contributed by atoms with Gasteiger partial charge < -0.3 is 0 Å². The van der Waals surface area contributed by atoms with Crippen molar-refractivity contribution in [3.05, 3.63) is 71.0 Å². The standard InChI is InChI=1S/C19H21FO/c1-4-6-14-7-5-8-15(13-14)18(21)19(2,3)16-9-11-17(20)12-10-16/h5,7-13H,4,6H2,1-3H3. The molecule has 0 unspecified atom stereocenters. The lowest BCUT2D eigenvalue weighted by atomic mass is 9.78. The lowest BCUT2D eigenvalue weighted by molar-refractivity contribution is 0.0908. The maximum atomic E-state index is 13.1. The first-order valence-corrected chi connectivity index (χ1v) is 7.35. The summed E-state index contributed by atoms with van der Waals surface area (Å²) in [7, 11) is 0. The molecule has 2 aromatic rings. The van der Waals surface area contributed by atoms with Crippen LogP contribution in [-0.4, -0.2) is 5.78 Å². The van der Waals surface area contributed by atoms with Gasteiger partial charge in [-0.25, -0.2) is 4.39 Å². The molecule has 0 N–H and O–H groups in total. The van der Waals surface area contributed by atoms with Gasteiger partial charge in [-0.05, 0) is 49.6 Å². The van der Waals surface area contributed by atoms with E-state index in [1.807, 2.05) is 38.1 Å². The highest BCUT2D eigenvalue weighted by atomic mass is 19.1. The molecule has 0 heterocycles. The Balaban J connectivity index is 2.33. The predicted molar refractivity (Wildman–Crippen MR) is 84.2 cm³/mol. The summed E-state index contributed by atoms with van der Waals surface area (Å²) in [5, 5.41) is 0. The summed E-state index contributed by atoms with van der Waals surface area (Å²) in [4.78, 5) is 12.8. The Morgan fingerprint density at radius 1 is 1.10 bits per heavy atom. The predicted octanol–water partition coefficient (Wildman–Crippen LogP) is 4.94. The molecular weight excluding hydrogens is 263 g/mol. The summed E-state index contributed by atoms with van der Waals surface area (Å²) in [6, 6.07) is 14.0. The van der Waals surface area contributed by atoms with Crippen LogP contribution in [-0.2, 0) is 11.8 Å². The second-order valence-corrected chi connectivity index (χ2v) is 5.91. The highest BCUT2D eigenvalue weighted by molar-refractivity contribution is 6.03. The van der Waals surface area contributed by atoms with Crippen LogP contribution in [0.4, 0.5) is 4.39 Å². The molecule has 1 nitrogen and oxygen atoms in total. The van der Waals surface area contributed by atoms with Gasteiger partial charge in [-0.3, -0.25) is 4.79 Å². The molecule has 0 aromatic heterocycles. The molecule has 110 valence electrons. The average molecular weight is 284 g/mol. The summed E-state index contributed by atoms with van der Waals surface area (Å²) < 4.78 is 13.1. The molecule has 0 amide bonds. The molecular formula is C19H21FO. The molecule has 0 saturated heterocycles. The number of halogens is 1. The third-order valence-electron chi connectivity index (χ3n) is 3.86. The van der Waals surface area contributed by atoms with Crippen LogP contribution in [0.5, 0.6) is 0 Å². The van der Waals surface area contributed by atoms with Crippen molar-refractivity contribution in [2.75, 3.05) is 0 Å². The molecule has 0 spiro atoms. The number of carbonyl (C=O) groups is 1. The minimum absolute atomic E-state index is 0.0621. The zero-order valence-electron chi connectivity index (χ0n) is 12.8. The van der Waals surface area contributed by atoms with Gasteiger partial charge in [-0.2, -0.15) is 0 Å². The van der Waals surface area contributed by atoms with Crippen LogP contribution in [0.25, 0.3) is 0 Å². The van der Waals surface area contributed by atoms with E-state index in [9.17, 15) is 9.18 Å². The first-order chi connectivity index (χ1) is 9.95. The van der Waals surface area contributed by atoms with Crippen molar-refractivity contribution < 1.29 is 9.18 Å². The van der Waals surface area contributed by atoms with Crippen LogP contribution in [0, 0.1) is 5.82 Å². The fourth-order valence-electron chi connectivity index (χ4n) is 2.52. The van der Waals surface area contributed by atoms with E-state index in [0.717, 1.165) is 24.0 Å². The molecule has 0 fully saturated rings. The molecule has 0 radical (unpaired) electrons. The second kappa shape index (κ2) is 6.21. The normalized spacial score (nSPS) is 11.4. The van der Waals surface area contributed by atoms with Gasteiger partial charge >= 0.3 is 0 Å². The summed E-state index contributed by atoms with van der Waals surface area (Å²) in [5.41, 5.74) is 2.06. The smallest absolute Gasteiger partial charge is 0.172 e. The number of ketones is 1. The number of rotatable bonds is 5. The fourth-order valence-corrected chi connectivity index (χ4v) is 2.52. The quantitative estimate of drug-likeness (QED) is 0.711. The van der Waals surface area contributed by atoms with Gasteiger partial charge in [0.15, 0.2) is 5.78 Å². The van der Waals surface area contributed by atoms with E-state index in [0.29, 0.717) is 0 Å². The minimum Gasteiger partial charge on any atom is -0.293 e. The van der Waals surface area contributed by atoms with Crippen LogP contribution < -0.4 is 0 Å². The van der Waals surface area contributed by atoms with Crippen molar-refractivity contribution in [1.82, 2.24) is 0 Å². The fraction of sp³-hybridized carbons (Fsp3) is 0.316. The molecule has 0 aliphatic carbocycles. The summed E-state index contributed by atoms with van der Waals surface area (Å²) in [5.74, 6) is -0.223. The first kappa shape index (κ1) is 15.4. The summed E-state index contributed by atoms with van der Waals surface area (Å²) in [6.45, 7) is 5.89. The third-order valence-corrected chi connectivity index (χ3v) is 3.86. The molecule has 2 aromatic carbocycles. The van der Waals surface area contributed by atoms with Gasteiger partial charge in [-0.15, -0.1) is 0 Å². The number of aryl methyl sites for hydroxylation is 1. The number of Topliss-reactive ketones (excluding diaryl/α,β-unsaturated/α-hetero) is 1. The molecule has 0 aliphatic heterocycles. The Labute approximate surface area is 125 Å². The van der Waals surface area contributed by atoms with Crippen LogP contribution in [0.2, 0.25) is 0 Å². The number of hydrogen-bond acceptors (Lipinski definition) is 1. The SMILES string of the molecule is CCCc1cccc(C(=O)C(C)(C)c2ccc(F)cc2)c1. The van der Waals surface area contributed by atoms with E-state index in [1.54, 1.807) is 12.1 Å². The van der Waals surface area contributed by atoms with E-state index in [-0.39, 0.29) is 11.6 Å². The van der Waals surface area contributed by atoms with Crippen LogP contribution >= 0.6 is 0 Å². The summed E-state index contributed by atoms with van der Waals surface area (Å²) in [6.07, 6.45) is 2.02. The minimum atomic E-state index is -0.668. The molecule has 0 bridgehead atoms. The topological polar surface area (TPSA) is 17.1 Å². The monoisotopic (exact) mass is 284 g/mol. The Kier molecular flexibility index (Phi) is 4.56. The molecule has 0 saturated carbocycles. The van der Waals surface area contributed by atoms with Crippen LogP contribution in [0.1, 0.15) is 48.7 Å². The molecule has 2 rings (SSSR count). The van der Waals surface area contributed by atoms with Crippen molar-refractivity contribution in [3.8, 4) is 0 Å². The zero-order chi connectivity index (χ0) is 15.5. The van der Waals surface area contributed by atoms with E-state index < -0.39 is 5.41 Å². The molecule has 2 heteroatoms. The lowest BCUT2D eigenvalue weighted by Gasteiger charge is -2.24. The highest BCUT2D eigenvalue weighted by Crippen LogP contribution is 2.28. The van der Waals surface area contributed by atoms with Crippen LogP contribution in [0.15, 0.2) is 48.5 Å². The van der Waals surface area contributed by atoms with Gasteiger partial charge in [0, 0.05) is 5.56 Å². The van der Waals surface area contributed by atoms with E-state index >= 15 is 0 Å². The second-order valence-electron chi connectivity index (χ2n) is 5.91. The third kappa shape index (κ3) is 3.38. The number of benzene rings is 2. The van der Waals surface area contributed by atoms with Gasteiger partial charge in [-0.1, -0.05) is 43.7 Å². The summed E-state index contributed by atoms with van der Waals surface area (Å²) >= 11 is 0. The van der Waals surface area contributed by atoms with E-state index in [2.05, 4.69) is 6.92 Å². The molecule has 0 aliphatic rings. The van der Waals surface area contributed by atoms with Gasteiger partial charge in [0.25, 0.3) is 0 Å². The maximum Gasteiger partial charge on any atom is 0.172 e. The Hall–Kier alpha value is -1.96. The van der Waals surface area contributed by atoms with Gasteiger partial charge in [0.05, 0.1) is 5.41 Å². The Morgan fingerprint density at radius 3 is 2.38 bits per heavy atom. The number of carbonyl (C=O) groups excluding carboxylic acids is 1. The first-order valence-electron chi connectivity index (χ1n) is 7.35. The van der Waals surface area contributed by atoms with Crippen molar-refractivity contribution in [2.45, 2.75) is 39.0 Å². The highest BCUT2D eigenvalue weighted by Gasteiger charge is 2.30. The van der Waals surface area contributed by atoms with Crippen molar-refractivity contribution >= 4 is 5.78 Å². The van der Waals surface area contributed by atoms with Crippen molar-refractivity contribution in [1.29, 1.82) is 0 Å². The Morgan fingerprint density at radius 2 is 1.76 bits per heavy atom. The largest absolute Gasteiger partial charge is 0.293 e. The van der Waals surface area contributed by atoms with Crippen molar-refractivity contribution in [3.63, 3.8) is 0 Å².